The minimum atomic E-state index is -0.551. The first kappa shape index (κ1) is 19.0. The van der Waals surface area contributed by atoms with Crippen LogP contribution in [-0.2, 0) is 4.79 Å². The standard InChI is InChI=1S/C20H25N7O2/c1-26(2)19(29)12-10-27(11-12)15-7-5-14(6-8-15)24-20-22-9-16(17(21)28)18(25-20)23-13-3-4-13/h5-9,12-13H,3-4,10-11H2,1-2H3,(H2,21,28)(H2,22,23,24,25). The lowest BCUT2D eigenvalue weighted by Gasteiger charge is -2.41. The van der Waals surface area contributed by atoms with E-state index in [0.717, 1.165) is 37.3 Å². The molecule has 0 unspecified atom stereocenters. The second kappa shape index (κ2) is 7.57. The molecule has 0 spiro atoms. The summed E-state index contributed by atoms with van der Waals surface area (Å²) in [6.07, 6.45) is 3.56. The first-order chi connectivity index (χ1) is 13.9. The number of carbonyl (C=O) groups excluding carboxylic acids is 2. The zero-order chi connectivity index (χ0) is 20.5. The zero-order valence-corrected chi connectivity index (χ0v) is 16.6. The van der Waals surface area contributed by atoms with Crippen molar-refractivity contribution in [1.82, 2.24) is 14.9 Å². The average molecular weight is 395 g/mol. The number of carbonyl (C=O) groups is 2. The molecule has 2 aromatic rings. The highest BCUT2D eigenvalue weighted by Crippen LogP contribution is 2.28. The Morgan fingerprint density at radius 3 is 2.45 bits per heavy atom. The Morgan fingerprint density at radius 2 is 1.86 bits per heavy atom. The number of hydrogen-bond donors (Lipinski definition) is 3. The molecule has 2 heterocycles. The summed E-state index contributed by atoms with van der Waals surface area (Å²) in [6.45, 7) is 1.47. The topological polar surface area (TPSA) is 116 Å². The summed E-state index contributed by atoms with van der Waals surface area (Å²) in [5, 5.41) is 6.38. The Balaban J connectivity index is 1.40. The van der Waals surface area contributed by atoms with Gasteiger partial charge in [-0.25, -0.2) is 4.98 Å². The van der Waals surface area contributed by atoms with E-state index in [2.05, 4.69) is 25.5 Å². The molecule has 1 aliphatic heterocycles. The highest BCUT2D eigenvalue weighted by Gasteiger charge is 2.33. The van der Waals surface area contributed by atoms with Gasteiger partial charge in [-0.2, -0.15) is 4.98 Å². The summed E-state index contributed by atoms with van der Waals surface area (Å²) < 4.78 is 0. The van der Waals surface area contributed by atoms with Crippen LogP contribution in [0.3, 0.4) is 0 Å². The Hall–Kier alpha value is -3.36. The molecule has 1 saturated carbocycles. The predicted molar refractivity (Wildman–Crippen MR) is 111 cm³/mol. The van der Waals surface area contributed by atoms with Crippen molar-refractivity contribution in [2.24, 2.45) is 11.7 Å². The predicted octanol–water partition coefficient (Wildman–Crippen LogP) is 1.42. The SMILES string of the molecule is CN(C)C(=O)C1CN(c2ccc(Nc3ncc(C(N)=O)c(NC4CC4)n3)cc2)C1. The third-order valence-electron chi connectivity index (χ3n) is 5.13. The maximum Gasteiger partial charge on any atom is 0.254 e. The third kappa shape index (κ3) is 4.23. The minimum Gasteiger partial charge on any atom is -0.370 e. The number of primary amides is 1. The first-order valence-electron chi connectivity index (χ1n) is 9.67. The molecule has 1 saturated heterocycles. The Kier molecular flexibility index (Phi) is 4.96. The van der Waals surface area contributed by atoms with E-state index in [1.807, 2.05) is 24.3 Å². The van der Waals surface area contributed by atoms with E-state index < -0.39 is 5.91 Å². The van der Waals surface area contributed by atoms with Gasteiger partial charge in [-0.1, -0.05) is 0 Å². The minimum absolute atomic E-state index is 0.0670. The number of rotatable bonds is 7. The molecule has 0 bridgehead atoms. The molecule has 4 rings (SSSR count). The molecule has 1 aromatic heterocycles. The molecule has 9 heteroatoms. The summed E-state index contributed by atoms with van der Waals surface area (Å²) in [4.78, 5) is 36.0. The van der Waals surface area contributed by atoms with Crippen LogP contribution in [0.2, 0.25) is 0 Å². The van der Waals surface area contributed by atoms with E-state index in [1.165, 1.54) is 6.20 Å². The van der Waals surface area contributed by atoms with Crippen LogP contribution in [0.15, 0.2) is 30.5 Å². The van der Waals surface area contributed by atoms with E-state index in [9.17, 15) is 9.59 Å². The summed E-state index contributed by atoms with van der Waals surface area (Å²) in [5.74, 6) is 0.548. The van der Waals surface area contributed by atoms with Crippen molar-refractivity contribution in [1.29, 1.82) is 0 Å². The third-order valence-corrected chi connectivity index (χ3v) is 5.13. The molecule has 152 valence electrons. The molecular weight excluding hydrogens is 370 g/mol. The van der Waals surface area contributed by atoms with Crippen molar-refractivity contribution in [3.63, 3.8) is 0 Å². The van der Waals surface area contributed by atoms with Gasteiger partial charge in [0.25, 0.3) is 5.91 Å². The van der Waals surface area contributed by atoms with Gasteiger partial charge in [0.15, 0.2) is 0 Å². The van der Waals surface area contributed by atoms with Crippen LogP contribution in [0.25, 0.3) is 0 Å². The number of aromatic nitrogens is 2. The fourth-order valence-electron chi connectivity index (χ4n) is 3.25. The average Bonchev–Trinajstić information content (AvgIpc) is 3.45. The highest BCUT2D eigenvalue weighted by molar-refractivity contribution is 5.97. The molecule has 0 radical (unpaired) electrons. The number of nitrogens with zero attached hydrogens (tertiary/aromatic N) is 4. The Morgan fingerprint density at radius 1 is 1.17 bits per heavy atom. The van der Waals surface area contributed by atoms with E-state index >= 15 is 0 Å². The number of amides is 2. The van der Waals surface area contributed by atoms with Crippen LogP contribution in [0, 0.1) is 5.92 Å². The van der Waals surface area contributed by atoms with Crippen molar-refractivity contribution in [2.75, 3.05) is 42.7 Å². The fourth-order valence-corrected chi connectivity index (χ4v) is 3.25. The van der Waals surface area contributed by atoms with Crippen LogP contribution in [0.5, 0.6) is 0 Å². The Labute approximate surface area is 169 Å². The van der Waals surface area contributed by atoms with Crippen LogP contribution >= 0.6 is 0 Å². The van der Waals surface area contributed by atoms with Crippen molar-refractivity contribution in [2.45, 2.75) is 18.9 Å². The summed E-state index contributed by atoms with van der Waals surface area (Å²) in [6, 6.07) is 8.22. The lowest BCUT2D eigenvalue weighted by Crippen LogP contribution is -2.53. The summed E-state index contributed by atoms with van der Waals surface area (Å²) in [5.41, 5.74) is 7.61. The molecule has 2 amide bonds. The van der Waals surface area contributed by atoms with E-state index in [0.29, 0.717) is 17.8 Å². The number of nitrogens with one attached hydrogen (secondary N) is 2. The molecule has 1 aromatic carbocycles. The van der Waals surface area contributed by atoms with Crippen molar-refractivity contribution >= 4 is 35.0 Å². The van der Waals surface area contributed by atoms with Crippen LogP contribution in [0.4, 0.5) is 23.1 Å². The molecule has 2 aliphatic rings. The van der Waals surface area contributed by atoms with Gasteiger partial charge in [-0.05, 0) is 37.1 Å². The van der Waals surface area contributed by atoms with Gasteiger partial charge in [-0.15, -0.1) is 0 Å². The number of benzene rings is 1. The monoisotopic (exact) mass is 395 g/mol. The van der Waals surface area contributed by atoms with E-state index in [1.54, 1.807) is 19.0 Å². The summed E-state index contributed by atoms with van der Waals surface area (Å²) >= 11 is 0. The van der Waals surface area contributed by atoms with Crippen molar-refractivity contribution in [3.05, 3.63) is 36.0 Å². The van der Waals surface area contributed by atoms with Crippen LogP contribution < -0.4 is 21.3 Å². The lowest BCUT2D eigenvalue weighted by atomic mass is 9.98. The molecule has 1 aliphatic carbocycles. The summed E-state index contributed by atoms with van der Waals surface area (Å²) in [7, 11) is 3.57. The molecule has 29 heavy (non-hydrogen) atoms. The number of hydrogen-bond acceptors (Lipinski definition) is 7. The smallest absolute Gasteiger partial charge is 0.254 e. The molecular formula is C20H25N7O2. The van der Waals surface area contributed by atoms with Gasteiger partial charge >= 0.3 is 0 Å². The van der Waals surface area contributed by atoms with Gasteiger partial charge < -0.3 is 26.2 Å². The van der Waals surface area contributed by atoms with Crippen LogP contribution in [-0.4, -0.2) is 59.9 Å². The van der Waals surface area contributed by atoms with Gasteiger partial charge in [0.2, 0.25) is 11.9 Å². The normalized spacial score (nSPS) is 16.1. The van der Waals surface area contributed by atoms with Crippen LogP contribution in [0.1, 0.15) is 23.2 Å². The zero-order valence-electron chi connectivity index (χ0n) is 16.6. The number of anilines is 4. The second-order valence-corrected chi connectivity index (χ2v) is 7.75. The number of nitrogens with two attached hydrogens (primary N) is 1. The quantitative estimate of drug-likeness (QED) is 0.649. The lowest BCUT2D eigenvalue weighted by molar-refractivity contribution is -0.133. The highest BCUT2D eigenvalue weighted by atomic mass is 16.2. The van der Waals surface area contributed by atoms with E-state index in [4.69, 9.17) is 5.73 Å². The van der Waals surface area contributed by atoms with Crippen molar-refractivity contribution in [3.8, 4) is 0 Å². The second-order valence-electron chi connectivity index (χ2n) is 7.75. The van der Waals surface area contributed by atoms with Gasteiger partial charge in [0, 0.05) is 50.8 Å². The molecule has 2 fully saturated rings. The van der Waals surface area contributed by atoms with Gasteiger partial charge in [0.05, 0.1) is 11.5 Å². The molecule has 4 N–H and O–H groups in total. The van der Waals surface area contributed by atoms with E-state index in [-0.39, 0.29) is 17.4 Å². The van der Waals surface area contributed by atoms with Gasteiger partial charge in [-0.3, -0.25) is 9.59 Å². The maximum absolute atomic E-state index is 12.0. The van der Waals surface area contributed by atoms with Gasteiger partial charge in [0.1, 0.15) is 5.82 Å². The molecule has 9 nitrogen and oxygen atoms in total. The maximum atomic E-state index is 12.0. The Bertz CT molecular complexity index is 919. The largest absolute Gasteiger partial charge is 0.370 e. The fraction of sp³-hybridized carbons (Fsp3) is 0.400. The van der Waals surface area contributed by atoms with Crippen molar-refractivity contribution < 1.29 is 9.59 Å². The molecule has 0 atom stereocenters. The first-order valence-corrected chi connectivity index (χ1v) is 9.67.